The number of para-hydroxylation sites is 1. The van der Waals surface area contributed by atoms with Gasteiger partial charge in [0.05, 0.1) is 4.47 Å². The van der Waals surface area contributed by atoms with Crippen molar-refractivity contribution in [1.82, 2.24) is 5.32 Å². The van der Waals surface area contributed by atoms with Crippen molar-refractivity contribution in [3.05, 3.63) is 69.6 Å². The van der Waals surface area contributed by atoms with Crippen molar-refractivity contribution in [3.8, 4) is 5.75 Å². The Bertz CT molecular complexity index is 964. The van der Waals surface area contributed by atoms with E-state index in [-0.39, 0.29) is 17.6 Å². The lowest BCUT2D eigenvalue weighted by Crippen LogP contribution is -2.37. The van der Waals surface area contributed by atoms with Gasteiger partial charge >= 0.3 is 0 Å². The fourth-order valence-electron chi connectivity index (χ4n) is 2.34. The van der Waals surface area contributed by atoms with Gasteiger partial charge in [-0.2, -0.15) is 0 Å². The molecule has 0 unspecified atom stereocenters. The fourth-order valence-corrected chi connectivity index (χ4v) is 3.56. The van der Waals surface area contributed by atoms with Gasteiger partial charge < -0.3 is 10.1 Å². The summed E-state index contributed by atoms with van der Waals surface area (Å²) in [6.07, 6.45) is 0. The van der Waals surface area contributed by atoms with Gasteiger partial charge in [-0.05, 0) is 69.3 Å². The minimum atomic E-state index is -0.332. The van der Waals surface area contributed by atoms with Crippen LogP contribution in [0.5, 0.6) is 5.75 Å². The number of hydrogen-bond donors (Lipinski definition) is 2. The summed E-state index contributed by atoms with van der Waals surface area (Å²) in [6, 6.07) is 19.1. The Balaban J connectivity index is 1.59. The third-order valence-electron chi connectivity index (χ3n) is 3.52. The number of hydrogen-bond acceptors (Lipinski definition) is 3. The standard InChI is InChI=1S/C19H14Br2N2O2S/c20-13-7-8-15-12(10-13)6-9-16(18(15)21)25-11-17(24)23-19(26)22-14-4-2-1-3-5-14/h1-10H,11H2,(H2,22,23,24,26). The van der Waals surface area contributed by atoms with Crippen LogP contribution in [-0.4, -0.2) is 17.6 Å². The Kier molecular flexibility index (Phi) is 6.24. The number of carbonyl (C=O) groups is 1. The highest BCUT2D eigenvalue weighted by Crippen LogP contribution is 2.34. The highest BCUT2D eigenvalue weighted by atomic mass is 79.9. The van der Waals surface area contributed by atoms with Crippen LogP contribution in [0.1, 0.15) is 0 Å². The van der Waals surface area contributed by atoms with Crippen LogP contribution >= 0.6 is 44.1 Å². The van der Waals surface area contributed by atoms with E-state index in [1.807, 2.05) is 60.7 Å². The zero-order valence-electron chi connectivity index (χ0n) is 13.5. The minimum Gasteiger partial charge on any atom is -0.483 e. The van der Waals surface area contributed by atoms with Crippen molar-refractivity contribution >= 4 is 71.6 Å². The van der Waals surface area contributed by atoms with Gasteiger partial charge in [-0.25, -0.2) is 0 Å². The van der Waals surface area contributed by atoms with E-state index in [1.54, 1.807) is 0 Å². The second-order valence-corrected chi connectivity index (χ2v) is 7.52. The number of thiocarbonyl (C=S) groups is 1. The van der Waals surface area contributed by atoms with Gasteiger partial charge in [-0.3, -0.25) is 10.1 Å². The number of carbonyl (C=O) groups excluding carboxylic acids is 1. The molecule has 0 aromatic heterocycles. The lowest BCUT2D eigenvalue weighted by molar-refractivity contribution is -0.121. The molecule has 26 heavy (non-hydrogen) atoms. The van der Waals surface area contributed by atoms with Crippen LogP contribution in [0.25, 0.3) is 10.8 Å². The van der Waals surface area contributed by atoms with Crippen molar-refractivity contribution in [2.45, 2.75) is 0 Å². The molecule has 0 saturated carbocycles. The number of anilines is 1. The van der Waals surface area contributed by atoms with Crippen molar-refractivity contribution in [2.24, 2.45) is 0 Å². The molecule has 1 amide bonds. The first-order valence-electron chi connectivity index (χ1n) is 7.69. The molecule has 3 rings (SSSR count). The van der Waals surface area contributed by atoms with Gasteiger partial charge in [0, 0.05) is 10.2 Å². The maximum atomic E-state index is 12.1. The molecule has 0 aliphatic rings. The molecule has 4 nitrogen and oxygen atoms in total. The summed E-state index contributed by atoms with van der Waals surface area (Å²) in [5.41, 5.74) is 0.808. The molecule has 0 spiro atoms. The Morgan fingerprint density at radius 3 is 2.58 bits per heavy atom. The molecule has 0 aliphatic heterocycles. The topological polar surface area (TPSA) is 50.4 Å². The summed E-state index contributed by atoms with van der Waals surface area (Å²) >= 11 is 12.1. The van der Waals surface area contributed by atoms with Gasteiger partial charge in [0.25, 0.3) is 5.91 Å². The molecule has 3 aromatic rings. The normalized spacial score (nSPS) is 10.4. The molecule has 0 aliphatic carbocycles. The van der Waals surface area contributed by atoms with Crippen LogP contribution in [0.15, 0.2) is 69.6 Å². The maximum Gasteiger partial charge on any atom is 0.264 e. The maximum absolute atomic E-state index is 12.1. The van der Waals surface area contributed by atoms with E-state index in [1.165, 1.54) is 0 Å². The molecule has 3 aromatic carbocycles. The molecule has 0 fully saturated rings. The Morgan fingerprint density at radius 1 is 1.04 bits per heavy atom. The Hall–Kier alpha value is -1.96. The summed E-state index contributed by atoms with van der Waals surface area (Å²) in [7, 11) is 0. The monoisotopic (exact) mass is 492 g/mol. The molecular formula is C19H14Br2N2O2S. The van der Waals surface area contributed by atoms with Crippen LogP contribution < -0.4 is 15.4 Å². The number of fused-ring (bicyclic) bond motifs is 1. The molecule has 132 valence electrons. The predicted molar refractivity (Wildman–Crippen MR) is 116 cm³/mol. The van der Waals surface area contributed by atoms with Gasteiger partial charge in [-0.1, -0.05) is 46.3 Å². The molecular weight excluding hydrogens is 480 g/mol. The second kappa shape index (κ2) is 8.62. The minimum absolute atomic E-state index is 0.142. The fraction of sp³-hybridized carbons (Fsp3) is 0.0526. The van der Waals surface area contributed by atoms with Gasteiger partial charge in [-0.15, -0.1) is 0 Å². The number of ether oxygens (including phenoxy) is 1. The second-order valence-electron chi connectivity index (χ2n) is 5.40. The van der Waals surface area contributed by atoms with E-state index >= 15 is 0 Å². The Morgan fingerprint density at radius 2 is 1.81 bits per heavy atom. The summed E-state index contributed by atoms with van der Waals surface area (Å²) in [5.74, 6) is 0.262. The summed E-state index contributed by atoms with van der Waals surface area (Å²) in [6.45, 7) is -0.142. The number of amides is 1. The molecule has 0 saturated heterocycles. The highest BCUT2D eigenvalue weighted by Gasteiger charge is 2.10. The van der Waals surface area contributed by atoms with E-state index < -0.39 is 0 Å². The van der Waals surface area contributed by atoms with Crippen molar-refractivity contribution in [2.75, 3.05) is 11.9 Å². The number of nitrogens with one attached hydrogen (secondary N) is 2. The lowest BCUT2D eigenvalue weighted by Gasteiger charge is -2.12. The molecule has 0 radical (unpaired) electrons. The first-order chi connectivity index (χ1) is 12.5. The number of rotatable bonds is 4. The summed E-state index contributed by atoms with van der Waals surface area (Å²) in [5, 5.41) is 7.84. The third-order valence-corrected chi connectivity index (χ3v) is 5.04. The van der Waals surface area contributed by atoms with E-state index in [9.17, 15) is 4.79 Å². The van der Waals surface area contributed by atoms with Crippen LogP contribution in [0.3, 0.4) is 0 Å². The average Bonchev–Trinajstić information content (AvgIpc) is 2.61. The molecule has 0 bridgehead atoms. The van der Waals surface area contributed by atoms with E-state index in [0.717, 1.165) is 25.4 Å². The van der Waals surface area contributed by atoms with E-state index in [4.69, 9.17) is 17.0 Å². The quantitative estimate of drug-likeness (QED) is 0.487. The highest BCUT2D eigenvalue weighted by molar-refractivity contribution is 9.11. The summed E-state index contributed by atoms with van der Waals surface area (Å²) in [4.78, 5) is 12.1. The predicted octanol–water partition coefficient (Wildman–Crippen LogP) is 5.26. The molecule has 7 heteroatoms. The largest absolute Gasteiger partial charge is 0.483 e. The van der Waals surface area contributed by atoms with Crippen LogP contribution in [0.4, 0.5) is 5.69 Å². The van der Waals surface area contributed by atoms with Gasteiger partial charge in [0.1, 0.15) is 5.75 Å². The molecule has 0 heterocycles. The first-order valence-corrected chi connectivity index (χ1v) is 9.69. The van der Waals surface area contributed by atoms with E-state index in [0.29, 0.717) is 5.75 Å². The zero-order valence-corrected chi connectivity index (χ0v) is 17.4. The Labute approximate surface area is 173 Å². The van der Waals surface area contributed by atoms with Crippen molar-refractivity contribution in [3.63, 3.8) is 0 Å². The van der Waals surface area contributed by atoms with Crippen molar-refractivity contribution < 1.29 is 9.53 Å². The van der Waals surface area contributed by atoms with Crippen molar-refractivity contribution in [1.29, 1.82) is 0 Å². The first kappa shape index (κ1) is 18.8. The van der Waals surface area contributed by atoms with Gasteiger partial charge in [0.15, 0.2) is 11.7 Å². The molecule has 0 atom stereocenters. The molecule has 2 N–H and O–H groups in total. The van der Waals surface area contributed by atoms with E-state index in [2.05, 4.69) is 42.5 Å². The van der Waals surface area contributed by atoms with Gasteiger partial charge in [0.2, 0.25) is 0 Å². The smallest absolute Gasteiger partial charge is 0.264 e. The number of benzene rings is 3. The van der Waals surface area contributed by atoms with Crippen LogP contribution in [0.2, 0.25) is 0 Å². The van der Waals surface area contributed by atoms with Crippen LogP contribution in [0, 0.1) is 0 Å². The average molecular weight is 494 g/mol. The third kappa shape index (κ3) is 4.81. The summed E-state index contributed by atoms with van der Waals surface area (Å²) < 4.78 is 7.44. The van der Waals surface area contributed by atoms with Crippen LogP contribution in [-0.2, 0) is 4.79 Å². The number of halogens is 2. The zero-order chi connectivity index (χ0) is 18.5. The lowest BCUT2D eigenvalue weighted by atomic mass is 10.1. The SMILES string of the molecule is O=C(COc1ccc2cc(Br)ccc2c1Br)NC(=S)Nc1ccccc1.